The van der Waals surface area contributed by atoms with E-state index in [1.54, 1.807) is 14.1 Å². The lowest BCUT2D eigenvalue weighted by molar-refractivity contribution is 0.451. The molecule has 0 aliphatic rings. The summed E-state index contributed by atoms with van der Waals surface area (Å²) in [6, 6.07) is 0.465. The lowest BCUT2D eigenvalue weighted by atomic mass is 10.1. The fourth-order valence-corrected chi connectivity index (χ4v) is 2.36. The Morgan fingerprint density at radius 2 is 1.62 bits per heavy atom. The zero-order chi connectivity index (χ0) is 12.6. The summed E-state index contributed by atoms with van der Waals surface area (Å²) < 4.78 is 24.3. The van der Waals surface area contributed by atoms with Crippen LogP contribution in [-0.4, -0.2) is 45.2 Å². The van der Waals surface area contributed by atoms with E-state index in [-0.39, 0.29) is 5.75 Å². The molecule has 0 bridgehead atoms. The van der Waals surface area contributed by atoms with E-state index < -0.39 is 10.0 Å². The van der Waals surface area contributed by atoms with Crippen molar-refractivity contribution >= 4 is 10.0 Å². The molecule has 0 amide bonds. The lowest BCUT2D eigenvalue weighted by Crippen LogP contribution is -2.36. The predicted molar refractivity (Wildman–Crippen MR) is 69.1 cm³/mol. The number of nitrogens with one attached hydrogen (secondary N) is 1. The van der Waals surface area contributed by atoms with Crippen LogP contribution >= 0.6 is 0 Å². The predicted octanol–water partition coefficient (Wildman–Crippen LogP) is 1.44. The van der Waals surface area contributed by atoms with Gasteiger partial charge >= 0.3 is 0 Å². The molecule has 16 heavy (non-hydrogen) atoms. The molecule has 0 rings (SSSR count). The van der Waals surface area contributed by atoms with E-state index >= 15 is 0 Å². The van der Waals surface area contributed by atoms with Crippen LogP contribution in [0.2, 0.25) is 0 Å². The van der Waals surface area contributed by atoms with Gasteiger partial charge in [0.05, 0.1) is 5.75 Å². The second-order valence-corrected chi connectivity index (χ2v) is 6.63. The average Bonchev–Trinajstić information content (AvgIpc) is 2.17. The number of sulfonamides is 1. The number of nitrogens with zero attached hydrogens (tertiary/aromatic N) is 1. The molecule has 0 aromatic rings. The van der Waals surface area contributed by atoms with Crippen molar-refractivity contribution in [1.82, 2.24) is 9.62 Å². The first kappa shape index (κ1) is 15.9. The van der Waals surface area contributed by atoms with Gasteiger partial charge in [0.1, 0.15) is 0 Å². The lowest BCUT2D eigenvalue weighted by Gasteiger charge is -2.18. The van der Waals surface area contributed by atoms with Gasteiger partial charge in [-0.05, 0) is 12.8 Å². The molecule has 0 unspecified atom stereocenters. The third-order valence-electron chi connectivity index (χ3n) is 2.62. The molecule has 0 aliphatic heterocycles. The molecular formula is C11H26N2O2S. The number of hydrogen-bond acceptors (Lipinski definition) is 3. The van der Waals surface area contributed by atoms with Gasteiger partial charge in [0.25, 0.3) is 0 Å². The summed E-state index contributed by atoms with van der Waals surface area (Å²) in [4.78, 5) is 0. The molecule has 0 atom stereocenters. The van der Waals surface area contributed by atoms with Gasteiger partial charge in [-0.15, -0.1) is 0 Å². The fourth-order valence-electron chi connectivity index (χ4n) is 1.62. The molecule has 0 saturated carbocycles. The molecule has 5 heteroatoms. The molecule has 0 aliphatic carbocycles. The van der Waals surface area contributed by atoms with E-state index in [1.165, 1.54) is 4.31 Å². The Bertz CT molecular complexity index is 257. The van der Waals surface area contributed by atoms with Gasteiger partial charge in [0.15, 0.2) is 0 Å². The Labute approximate surface area is 100 Å². The minimum absolute atomic E-state index is 0.184. The first-order valence-electron chi connectivity index (χ1n) is 6.07. The minimum Gasteiger partial charge on any atom is -0.313 e. The Hall–Kier alpha value is -0.130. The topological polar surface area (TPSA) is 49.4 Å². The van der Waals surface area contributed by atoms with E-state index in [0.29, 0.717) is 12.6 Å². The molecular weight excluding hydrogens is 224 g/mol. The van der Waals surface area contributed by atoms with Crippen molar-refractivity contribution in [3.05, 3.63) is 0 Å². The summed E-state index contributed by atoms with van der Waals surface area (Å²) >= 11 is 0. The van der Waals surface area contributed by atoms with Crippen molar-refractivity contribution in [1.29, 1.82) is 0 Å². The summed E-state index contributed by atoms with van der Waals surface area (Å²) in [5.41, 5.74) is 0. The van der Waals surface area contributed by atoms with Crippen molar-refractivity contribution in [2.45, 2.75) is 45.6 Å². The van der Waals surface area contributed by atoms with Gasteiger partial charge in [-0.3, -0.25) is 0 Å². The molecule has 0 radical (unpaired) electrons. The van der Waals surface area contributed by atoms with Crippen LogP contribution in [-0.2, 0) is 10.0 Å². The van der Waals surface area contributed by atoms with Crippen LogP contribution in [0, 0.1) is 0 Å². The standard InChI is InChI=1S/C11H26N2O2S/c1-5-7-11(8-6-2)12-9-10-16(14,15)13(3)4/h11-12H,5-10H2,1-4H3. The summed E-state index contributed by atoms with van der Waals surface area (Å²) in [6.07, 6.45) is 4.52. The molecule has 0 heterocycles. The molecule has 1 N–H and O–H groups in total. The highest BCUT2D eigenvalue weighted by Gasteiger charge is 2.14. The molecule has 98 valence electrons. The van der Waals surface area contributed by atoms with Crippen LogP contribution in [0.1, 0.15) is 39.5 Å². The second kappa shape index (κ2) is 8.03. The SMILES string of the molecule is CCCC(CCC)NCCS(=O)(=O)N(C)C. The molecule has 0 aromatic carbocycles. The summed E-state index contributed by atoms with van der Waals surface area (Å²) in [6.45, 7) is 4.85. The summed E-state index contributed by atoms with van der Waals surface area (Å²) in [5.74, 6) is 0.184. The van der Waals surface area contributed by atoms with Crippen LogP contribution in [0.25, 0.3) is 0 Å². The van der Waals surface area contributed by atoms with E-state index in [2.05, 4.69) is 19.2 Å². The third-order valence-corrected chi connectivity index (χ3v) is 4.46. The van der Waals surface area contributed by atoms with E-state index in [4.69, 9.17) is 0 Å². The van der Waals surface area contributed by atoms with Crippen LogP contribution in [0.4, 0.5) is 0 Å². The zero-order valence-electron chi connectivity index (χ0n) is 11.0. The molecule has 0 saturated heterocycles. The maximum absolute atomic E-state index is 11.5. The van der Waals surface area contributed by atoms with Crippen molar-refractivity contribution in [3.63, 3.8) is 0 Å². The Morgan fingerprint density at radius 1 is 1.12 bits per heavy atom. The summed E-state index contributed by atoms with van der Waals surface area (Å²) in [7, 11) is 0.0957. The minimum atomic E-state index is -3.05. The highest BCUT2D eigenvalue weighted by Crippen LogP contribution is 2.04. The quantitative estimate of drug-likeness (QED) is 0.673. The monoisotopic (exact) mass is 250 g/mol. The van der Waals surface area contributed by atoms with Gasteiger partial charge in [-0.2, -0.15) is 0 Å². The maximum atomic E-state index is 11.5. The third kappa shape index (κ3) is 6.45. The molecule has 0 aromatic heterocycles. The van der Waals surface area contributed by atoms with Crippen LogP contribution in [0.3, 0.4) is 0 Å². The van der Waals surface area contributed by atoms with E-state index in [0.717, 1.165) is 25.7 Å². The number of hydrogen-bond donors (Lipinski definition) is 1. The van der Waals surface area contributed by atoms with Crippen LogP contribution in [0.5, 0.6) is 0 Å². The normalized spacial score (nSPS) is 12.6. The number of rotatable bonds is 9. The van der Waals surface area contributed by atoms with Crippen molar-refractivity contribution in [2.75, 3.05) is 26.4 Å². The fraction of sp³-hybridized carbons (Fsp3) is 1.00. The first-order chi connectivity index (χ1) is 7.44. The Kier molecular flexibility index (Phi) is 7.97. The van der Waals surface area contributed by atoms with Crippen LogP contribution < -0.4 is 5.32 Å². The zero-order valence-corrected chi connectivity index (χ0v) is 11.8. The van der Waals surface area contributed by atoms with Gasteiger partial charge in [0.2, 0.25) is 10.0 Å². The van der Waals surface area contributed by atoms with E-state index in [1.807, 2.05) is 0 Å². The first-order valence-corrected chi connectivity index (χ1v) is 7.68. The van der Waals surface area contributed by atoms with Gasteiger partial charge in [0, 0.05) is 26.7 Å². The second-order valence-electron chi connectivity index (χ2n) is 4.33. The molecule has 4 nitrogen and oxygen atoms in total. The highest BCUT2D eigenvalue weighted by molar-refractivity contribution is 7.89. The Balaban J connectivity index is 3.94. The van der Waals surface area contributed by atoms with E-state index in [9.17, 15) is 8.42 Å². The highest BCUT2D eigenvalue weighted by atomic mass is 32.2. The van der Waals surface area contributed by atoms with Crippen LogP contribution in [0.15, 0.2) is 0 Å². The van der Waals surface area contributed by atoms with Gasteiger partial charge in [-0.1, -0.05) is 26.7 Å². The van der Waals surface area contributed by atoms with Crippen molar-refractivity contribution in [3.8, 4) is 0 Å². The molecule has 0 fully saturated rings. The van der Waals surface area contributed by atoms with Crippen molar-refractivity contribution < 1.29 is 8.42 Å². The molecule has 0 spiro atoms. The summed E-state index contributed by atoms with van der Waals surface area (Å²) in [5, 5.41) is 3.33. The largest absolute Gasteiger partial charge is 0.313 e. The van der Waals surface area contributed by atoms with Gasteiger partial charge < -0.3 is 5.32 Å². The average molecular weight is 250 g/mol. The Morgan fingerprint density at radius 3 is 2.00 bits per heavy atom. The maximum Gasteiger partial charge on any atom is 0.214 e. The smallest absolute Gasteiger partial charge is 0.214 e. The van der Waals surface area contributed by atoms with Gasteiger partial charge in [-0.25, -0.2) is 12.7 Å². The van der Waals surface area contributed by atoms with Crippen molar-refractivity contribution in [2.24, 2.45) is 0 Å².